The van der Waals surface area contributed by atoms with E-state index >= 15 is 0 Å². The quantitative estimate of drug-likeness (QED) is 0.418. The number of hydrogen-bond acceptors (Lipinski definition) is 6. The lowest BCUT2D eigenvalue weighted by molar-refractivity contribution is -0.275. The molecule has 1 aromatic carbocycles. The minimum atomic E-state index is -4.95. The standard InChI is InChI=1S/C22H27F3O7S/c1-2-21(16-8-13-7-14(10-16)11-17(21)9-13)31-19-12-15(3-4-18(19)32-22(23,24)25)20(26)30-5-6-33(27,28)29/h3-4,12-14,16-17H,2,5-11H2,1H3,(H,27,28,29). The van der Waals surface area contributed by atoms with Gasteiger partial charge in [-0.1, -0.05) is 6.92 Å². The molecule has 0 aromatic heterocycles. The van der Waals surface area contributed by atoms with Crippen LogP contribution in [0.2, 0.25) is 0 Å². The summed E-state index contributed by atoms with van der Waals surface area (Å²) in [6, 6.07) is 3.25. The van der Waals surface area contributed by atoms with Crippen LogP contribution in [0.5, 0.6) is 11.5 Å². The van der Waals surface area contributed by atoms with Gasteiger partial charge in [0.1, 0.15) is 18.0 Å². The molecule has 1 N–H and O–H groups in total. The number of hydrogen-bond donors (Lipinski definition) is 1. The van der Waals surface area contributed by atoms with Crippen LogP contribution < -0.4 is 9.47 Å². The number of alkyl halides is 3. The first-order chi connectivity index (χ1) is 15.4. The molecule has 4 bridgehead atoms. The third-order valence-corrected chi connectivity index (χ3v) is 8.03. The molecule has 0 amide bonds. The van der Waals surface area contributed by atoms with E-state index in [1.165, 1.54) is 6.42 Å². The molecule has 7 nitrogen and oxygen atoms in total. The van der Waals surface area contributed by atoms with Crippen LogP contribution >= 0.6 is 0 Å². The molecule has 0 heterocycles. The zero-order valence-electron chi connectivity index (χ0n) is 18.1. The van der Waals surface area contributed by atoms with Crippen molar-refractivity contribution < 1.29 is 45.1 Å². The predicted molar refractivity (Wildman–Crippen MR) is 111 cm³/mol. The van der Waals surface area contributed by atoms with Crippen molar-refractivity contribution in [3.8, 4) is 11.5 Å². The highest BCUT2D eigenvalue weighted by Gasteiger charge is 2.58. The first kappa shape index (κ1) is 24.1. The van der Waals surface area contributed by atoms with Crippen LogP contribution in [0, 0.1) is 23.7 Å². The second kappa shape index (κ2) is 8.65. The molecular weight excluding hydrogens is 465 g/mol. The highest BCUT2D eigenvalue weighted by atomic mass is 32.2. The van der Waals surface area contributed by atoms with Crippen molar-refractivity contribution in [2.24, 2.45) is 23.7 Å². The van der Waals surface area contributed by atoms with Crippen LogP contribution in [0.4, 0.5) is 13.2 Å². The highest BCUT2D eigenvalue weighted by molar-refractivity contribution is 7.85. The van der Waals surface area contributed by atoms with Gasteiger partial charge >= 0.3 is 12.3 Å². The molecule has 0 aliphatic heterocycles. The summed E-state index contributed by atoms with van der Waals surface area (Å²) in [5.74, 6) is -0.758. The summed E-state index contributed by atoms with van der Waals surface area (Å²) in [5.41, 5.74) is -0.741. The fourth-order valence-electron chi connectivity index (χ4n) is 6.25. The molecule has 11 heteroatoms. The monoisotopic (exact) mass is 492 g/mol. The average molecular weight is 493 g/mol. The molecule has 5 rings (SSSR count). The highest BCUT2D eigenvalue weighted by Crippen LogP contribution is 2.61. The Morgan fingerprint density at radius 2 is 1.70 bits per heavy atom. The topological polar surface area (TPSA) is 99.1 Å². The number of ether oxygens (including phenoxy) is 3. The number of halogens is 3. The summed E-state index contributed by atoms with van der Waals surface area (Å²) in [7, 11) is -4.32. The summed E-state index contributed by atoms with van der Waals surface area (Å²) in [6.45, 7) is 1.38. The summed E-state index contributed by atoms with van der Waals surface area (Å²) >= 11 is 0. The van der Waals surface area contributed by atoms with E-state index in [9.17, 15) is 26.4 Å². The third-order valence-electron chi connectivity index (χ3n) is 7.35. The number of carbonyl (C=O) groups excluding carboxylic acids is 1. The molecule has 33 heavy (non-hydrogen) atoms. The fraction of sp³-hybridized carbons (Fsp3) is 0.682. The molecule has 0 saturated heterocycles. The van der Waals surface area contributed by atoms with Crippen LogP contribution in [0.15, 0.2) is 18.2 Å². The third kappa shape index (κ3) is 5.24. The van der Waals surface area contributed by atoms with E-state index in [1.54, 1.807) is 0 Å². The molecule has 4 saturated carbocycles. The molecule has 0 unspecified atom stereocenters. The predicted octanol–water partition coefficient (Wildman–Crippen LogP) is 4.61. The van der Waals surface area contributed by atoms with Crippen molar-refractivity contribution in [2.45, 2.75) is 57.4 Å². The van der Waals surface area contributed by atoms with Gasteiger partial charge in [-0.3, -0.25) is 4.55 Å². The first-order valence-corrected chi connectivity index (χ1v) is 12.7. The van der Waals surface area contributed by atoms with Gasteiger partial charge in [0.25, 0.3) is 10.1 Å². The van der Waals surface area contributed by atoms with E-state index in [0.29, 0.717) is 18.3 Å². The smallest absolute Gasteiger partial charge is 0.483 e. The lowest BCUT2D eigenvalue weighted by Crippen LogP contribution is -2.60. The molecule has 4 aliphatic carbocycles. The number of benzene rings is 1. The van der Waals surface area contributed by atoms with Gasteiger partial charge in [-0.05, 0) is 80.4 Å². The van der Waals surface area contributed by atoms with E-state index in [2.05, 4.69) is 4.74 Å². The van der Waals surface area contributed by atoms with Crippen LogP contribution in [0.25, 0.3) is 0 Å². The first-order valence-electron chi connectivity index (χ1n) is 11.1. The van der Waals surface area contributed by atoms with Crippen molar-refractivity contribution in [1.29, 1.82) is 0 Å². The number of rotatable bonds is 8. The van der Waals surface area contributed by atoms with Crippen LogP contribution in [-0.4, -0.2) is 43.3 Å². The largest absolute Gasteiger partial charge is 0.573 e. The Balaban J connectivity index is 1.62. The molecule has 1 aromatic rings. The van der Waals surface area contributed by atoms with Gasteiger partial charge in [0.05, 0.1) is 5.56 Å². The molecule has 0 spiro atoms. The zero-order valence-corrected chi connectivity index (χ0v) is 19.0. The molecular formula is C22H27F3O7S. The lowest BCUT2D eigenvalue weighted by atomic mass is 9.49. The van der Waals surface area contributed by atoms with Gasteiger partial charge in [-0.15, -0.1) is 13.2 Å². The van der Waals surface area contributed by atoms with E-state index in [0.717, 1.165) is 43.9 Å². The Bertz CT molecular complexity index is 978. The summed E-state index contributed by atoms with van der Waals surface area (Å²) in [5, 5.41) is 0. The minimum absolute atomic E-state index is 0.107. The Labute approximate surface area is 190 Å². The van der Waals surface area contributed by atoms with Gasteiger partial charge in [0.2, 0.25) is 0 Å². The van der Waals surface area contributed by atoms with Crippen molar-refractivity contribution in [1.82, 2.24) is 0 Å². The normalized spacial score (nSPS) is 30.8. The van der Waals surface area contributed by atoms with E-state index in [-0.39, 0.29) is 23.1 Å². The SMILES string of the molecule is CCC1(Oc2cc(C(=O)OCCS(=O)(=O)O)ccc2OC(F)(F)F)C2CC3CC(C2)CC1C3. The van der Waals surface area contributed by atoms with Crippen LogP contribution in [0.3, 0.4) is 0 Å². The van der Waals surface area contributed by atoms with Gasteiger partial charge in [-0.25, -0.2) is 4.79 Å². The van der Waals surface area contributed by atoms with Gasteiger partial charge in [0, 0.05) is 0 Å². The van der Waals surface area contributed by atoms with E-state index in [1.807, 2.05) is 6.92 Å². The molecule has 4 fully saturated rings. The lowest BCUT2D eigenvalue weighted by Gasteiger charge is -2.60. The van der Waals surface area contributed by atoms with Crippen molar-refractivity contribution in [3.05, 3.63) is 23.8 Å². The maximum Gasteiger partial charge on any atom is 0.573 e. The maximum absolute atomic E-state index is 13.1. The molecule has 4 aliphatic rings. The van der Waals surface area contributed by atoms with Crippen molar-refractivity contribution in [2.75, 3.05) is 12.4 Å². The fourth-order valence-corrected chi connectivity index (χ4v) is 6.54. The Hall–Kier alpha value is -2.01. The summed E-state index contributed by atoms with van der Waals surface area (Å²) in [4.78, 5) is 12.3. The maximum atomic E-state index is 13.1. The van der Waals surface area contributed by atoms with Crippen molar-refractivity contribution in [3.63, 3.8) is 0 Å². The Morgan fingerprint density at radius 3 is 2.21 bits per heavy atom. The molecule has 184 valence electrons. The molecule has 0 atom stereocenters. The van der Waals surface area contributed by atoms with Gasteiger partial charge < -0.3 is 14.2 Å². The van der Waals surface area contributed by atoms with Crippen LogP contribution in [0.1, 0.15) is 55.8 Å². The number of esters is 1. The molecule has 0 radical (unpaired) electrons. The zero-order chi connectivity index (χ0) is 24.0. The Morgan fingerprint density at radius 1 is 1.09 bits per heavy atom. The Kier molecular flexibility index (Phi) is 6.32. The van der Waals surface area contributed by atoms with Crippen LogP contribution in [-0.2, 0) is 14.9 Å². The van der Waals surface area contributed by atoms with E-state index in [4.69, 9.17) is 14.0 Å². The van der Waals surface area contributed by atoms with Crippen molar-refractivity contribution >= 4 is 16.1 Å². The second-order valence-corrected chi connectivity index (χ2v) is 10.9. The summed E-state index contributed by atoms with van der Waals surface area (Å²) in [6.07, 6.45) is 0.804. The minimum Gasteiger partial charge on any atom is -0.483 e. The average Bonchev–Trinajstić information content (AvgIpc) is 2.69. The second-order valence-electron chi connectivity index (χ2n) is 9.35. The van der Waals surface area contributed by atoms with E-state index < -0.39 is 46.2 Å². The van der Waals surface area contributed by atoms with Gasteiger partial charge in [-0.2, -0.15) is 8.42 Å². The summed E-state index contributed by atoms with van der Waals surface area (Å²) < 4.78 is 85.0. The van der Waals surface area contributed by atoms with Gasteiger partial charge in [0.15, 0.2) is 11.5 Å². The number of carbonyl (C=O) groups is 1.